The lowest BCUT2D eigenvalue weighted by Crippen LogP contribution is -2.08. The Labute approximate surface area is 99.2 Å². The van der Waals surface area contributed by atoms with Crippen LogP contribution in [0.25, 0.3) is 0 Å². The van der Waals surface area contributed by atoms with Crippen molar-refractivity contribution in [2.45, 2.75) is 13.5 Å². The summed E-state index contributed by atoms with van der Waals surface area (Å²) in [6.45, 7) is 3.08. The number of aryl methyl sites for hydroxylation is 1. The van der Waals surface area contributed by atoms with Crippen LogP contribution in [0.2, 0.25) is 0 Å². The Morgan fingerprint density at radius 1 is 1.53 bits per heavy atom. The third-order valence-electron chi connectivity index (χ3n) is 1.98. The molecule has 1 rings (SSSR count). The molecule has 15 heavy (non-hydrogen) atoms. The maximum absolute atomic E-state index is 5.53. The van der Waals surface area contributed by atoms with E-state index in [1.165, 1.54) is 0 Å². The Kier molecular flexibility index (Phi) is 4.67. The van der Waals surface area contributed by atoms with Crippen LogP contribution in [0.1, 0.15) is 11.1 Å². The van der Waals surface area contributed by atoms with Gasteiger partial charge in [-0.3, -0.25) is 0 Å². The molecule has 0 fully saturated rings. The van der Waals surface area contributed by atoms with E-state index in [-0.39, 0.29) is 0 Å². The van der Waals surface area contributed by atoms with Crippen LogP contribution in [-0.4, -0.2) is 13.7 Å². The Morgan fingerprint density at radius 2 is 2.27 bits per heavy atom. The van der Waals surface area contributed by atoms with Gasteiger partial charge in [0.15, 0.2) is 0 Å². The molecule has 0 aliphatic heterocycles. The maximum atomic E-state index is 5.53. The van der Waals surface area contributed by atoms with E-state index in [4.69, 9.17) is 11.2 Å². The first kappa shape index (κ1) is 12.1. The molecule has 0 atom stereocenters. The molecule has 0 aliphatic carbocycles. The van der Waals surface area contributed by atoms with Crippen molar-refractivity contribution in [2.24, 2.45) is 0 Å². The standard InChI is InChI=1S/C12H14BrNO/c1-4-5-15-12-9(2)6-11(13)7-10(12)8-14-3/h1,6-7,14H,5,8H2,2-3H3. The lowest BCUT2D eigenvalue weighted by Gasteiger charge is -2.13. The zero-order chi connectivity index (χ0) is 11.3. The predicted octanol–water partition coefficient (Wildman–Crippen LogP) is 2.49. The van der Waals surface area contributed by atoms with Crippen molar-refractivity contribution in [2.75, 3.05) is 13.7 Å². The van der Waals surface area contributed by atoms with Gasteiger partial charge in [-0.2, -0.15) is 0 Å². The minimum absolute atomic E-state index is 0.305. The van der Waals surface area contributed by atoms with Crippen molar-refractivity contribution in [1.82, 2.24) is 5.32 Å². The highest BCUT2D eigenvalue weighted by Gasteiger charge is 2.07. The first-order valence-electron chi connectivity index (χ1n) is 4.69. The molecule has 2 nitrogen and oxygen atoms in total. The Morgan fingerprint density at radius 3 is 2.87 bits per heavy atom. The first-order valence-corrected chi connectivity index (χ1v) is 5.48. The van der Waals surface area contributed by atoms with Crippen molar-refractivity contribution < 1.29 is 4.74 Å². The second kappa shape index (κ2) is 5.79. The average molecular weight is 268 g/mol. The molecule has 0 spiro atoms. The molecule has 0 aromatic heterocycles. The van der Waals surface area contributed by atoms with E-state index in [1.807, 2.05) is 26.1 Å². The van der Waals surface area contributed by atoms with Crippen molar-refractivity contribution in [3.8, 4) is 18.1 Å². The summed E-state index contributed by atoms with van der Waals surface area (Å²) >= 11 is 3.46. The molecule has 80 valence electrons. The SMILES string of the molecule is C#CCOc1c(C)cc(Br)cc1CNC. The van der Waals surface area contributed by atoms with Crippen molar-refractivity contribution >= 4 is 15.9 Å². The fourth-order valence-corrected chi connectivity index (χ4v) is 2.06. The number of hydrogen-bond donors (Lipinski definition) is 1. The average Bonchev–Trinajstić information content (AvgIpc) is 2.17. The van der Waals surface area contributed by atoms with E-state index in [0.29, 0.717) is 6.61 Å². The topological polar surface area (TPSA) is 21.3 Å². The molecule has 1 N–H and O–H groups in total. The van der Waals surface area contributed by atoms with E-state index < -0.39 is 0 Å². The zero-order valence-electron chi connectivity index (χ0n) is 8.93. The van der Waals surface area contributed by atoms with Crippen LogP contribution in [0, 0.1) is 19.3 Å². The lowest BCUT2D eigenvalue weighted by molar-refractivity contribution is 0.362. The molecule has 0 saturated heterocycles. The fourth-order valence-electron chi connectivity index (χ4n) is 1.44. The maximum Gasteiger partial charge on any atom is 0.148 e. The highest BCUT2D eigenvalue weighted by molar-refractivity contribution is 9.10. The number of nitrogens with one attached hydrogen (secondary N) is 1. The second-order valence-electron chi connectivity index (χ2n) is 3.23. The van der Waals surface area contributed by atoms with Gasteiger partial charge in [-0.05, 0) is 31.7 Å². The van der Waals surface area contributed by atoms with Crippen LogP contribution < -0.4 is 10.1 Å². The molecule has 0 aliphatic rings. The summed E-state index contributed by atoms with van der Waals surface area (Å²) in [5.74, 6) is 3.35. The molecule has 1 aromatic rings. The van der Waals surface area contributed by atoms with Gasteiger partial charge >= 0.3 is 0 Å². The molecule has 0 unspecified atom stereocenters. The van der Waals surface area contributed by atoms with Gasteiger partial charge in [0.2, 0.25) is 0 Å². The van der Waals surface area contributed by atoms with Crippen LogP contribution in [0.4, 0.5) is 0 Å². The van der Waals surface area contributed by atoms with Gasteiger partial charge in [0.1, 0.15) is 12.4 Å². The Bertz CT molecular complexity index is 382. The van der Waals surface area contributed by atoms with Crippen molar-refractivity contribution in [3.05, 3.63) is 27.7 Å². The fraction of sp³-hybridized carbons (Fsp3) is 0.333. The third-order valence-corrected chi connectivity index (χ3v) is 2.44. The van der Waals surface area contributed by atoms with E-state index >= 15 is 0 Å². The number of benzene rings is 1. The molecule has 0 saturated carbocycles. The largest absolute Gasteiger partial charge is 0.480 e. The number of halogens is 1. The summed E-state index contributed by atoms with van der Waals surface area (Å²) < 4.78 is 6.58. The van der Waals surface area contributed by atoms with Crippen molar-refractivity contribution in [3.63, 3.8) is 0 Å². The van der Waals surface area contributed by atoms with E-state index in [2.05, 4.69) is 27.2 Å². The molecule has 3 heteroatoms. The number of rotatable bonds is 4. The van der Waals surface area contributed by atoms with Crippen LogP contribution in [0.3, 0.4) is 0 Å². The van der Waals surface area contributed by atoms with Crippen LogP contribution in [0.15, 0.2) is 16.6 Å². The second-order valence-corrected chi connectivity index (χ2v) is 4.15. The van der Waals surface area contributed by atoms with E-state index in [0.717, 1.165) is 27.9 Å². The van der Waals surface area contributed by atoms with Crippen molar-refractivity contribution in [1.29, 1.82) is 0 Å². The molecule has 0 radical (unpaired) electrons. The molecule has 0 bridgehead atoms. The Balaban J connectivity index is 3.04. The molecule has 0 heterocycles. The minimum atomic E-state index is 0.305. The summed E-state index contributed by atoms with van der Waals surface area (Å²) in [6.07, 6.45) is 5.18. The zero-order valence-corrected chi connectivity index (χ0v) is 10.5. The first-order chi connectivity index (χ1) is 7.19. The quantitative estimate of drug-likeness (QED) is 0.847. The molecule has 1 aromatic carbocycles. The summed E-state index contributed by atoms with van der Waals surface area (Å²) in [5, 5.41) is 3.10. The van der Waals surface area contributed by atoms with Gasteiger partial charge < -0.3 is 10.1 Å². The third kappa shape index (κ3) is 3.26. The van der Waals surface area contributed by atoms with Gasteiger partial charge in [-0.25, -0.2) is 0 Å². The summed E-state index contributed by atoms with van der Waals surface area (Å²) in [6, 6.07) is 4.06. The smallest absolute Gasteiger partial charge is 0.148 e. The summed E-state index contributed by atoms with van der Waals surface area (Å²) in [4.78, 5) is 0. The number of terminal acetylenes is 1. The predicted molar refractivity (Wildman–Crippen MR) is 66.0 cm³/mol. The van der Waals surface area contributed by atoms with Gasteiger partial charge in [0.05, 0.1) is 0 Å². The van der Waals surface area contributed by atoms with E-state index in [1.54, 1.807) is 0 Å². The van der Waals surface area contributed by atoms with Gasteiger partial charge in [-0.15, -0.1) is 6.42 Å². The van der Waals surface area contributed by atoms with Gasteiger partial charge in [0, 0.05) is 16.6 Å². The molecular formula is C12H14BrNO. The summed E-state index contributed by atoms with van der Waals surface area (Å²) in [7, 11) is 1.90. The highest BCUT2D eigenvalue weighted by atomic mass is 79.9. The van der Waals surface area contributed by atoms with Crippen LogP contribution in [0.5, 0.6) is 5.75 Å². The van der Waals surface area contributed by atoms with Gasteiger partial charge in [-0.1, -0.05) is 21.9 Å². The van der Waals surface area contributed by atoms with Crippen LogP contribution >= 0.6 is 15.9 Å². The monoisotopic (exact) mass is 267 g/mol. The van der Waals surface area contributed by atoms with Crippen LogP contribution in [-0.2, 0) is 6.54 Å². The normalized spacial score (nSPS) is 9.73. The molecular weight excluding hydrogens is 254 g/mol. The number of hydrogen-bond acceptors (Lipinski definition) is 2. The Hall–Kier alpha value is -0.980. The summed E-state index contributed by atoms with van der Waals surface area (Å²) in [5.41, 5.74) is 2.20. The number of ether oxygens (including phenoxy) is 1. The van der Waals surface area contributed by atoms with Gasteiger partial charge in [0.25, 0.3) is 0 Å². The lowest BCUT2D eigenvalue weighted by atomic mass is 10.1. The van der Waals surface area contributed by atoms with E-state index in [9.17, 15) is 0 Å². The molecule has 0 amide bonds. The highest BCUT2D eigenvalue weighted by Crippen LogP contribution is 2.27. The minimum Gasteiger partial charge on any atom is -0.480 e.